The van der Waals surface area contributed by atoms with Crippen molar-refractivity contribution in [1.29, 1.82) is 0 Å². The van der Waals surface area contributed by atoms with Crippen molar-refractivity contribution in [3.05, 3.63) is 89.5 Å². The number of rotatable bonds is 1. The molecule has 0 N–H and O–H groups in total. The van der Waals surface area contributed by atoms with Crippen LogP contribution in [0.25, 0.3) is 38.7 Å². The normalized spacial score (nSPS) is 13.3. The van der Waals surface area contributed by atoms with Gasteiger partial charge in [0.05, 0.1) is 0 Å². The highest BCUT2D eigenvalue weighted by atomic mass is 14.2. The fourth-order valence-corrected chi connectivity index (χ4v) is 4.28. The average molecular weight is 320 g/mol. The van der Waals surface area contributed by atoms with Gasteiger partial charge in [0.25, 0.3) is 0 Å². The maximum absolute atomic E-state index is 2.34. The summed E-state index contributed by atoms with van der Waals surface area (Å²) in [6.07, 6.45) is 6.94. The van der Waals surface area contributed by atoms with Crippen LogP contribution in [0.4, 0.5) is 0 Å². The molecule has 4 aromatic rings. The molecule has 0 atom stereocenters. The van der Waals surface area contributed by atoms with Gasteiger partial charge >= 0.3 is 0 Å². The van der Waals surface area contributed by atoms with Crippen molar-refractivity contribution in [1.82, 2.24) is 0 Å². The van der Waals surface area contributed by atoms with Crippen molar-refractivity contribution in [3.8, 4) is 11.1 Å². The lowest BCUT2D eigenvalue weighted by molar-refractivity contribution is 0.976. The van der Waals surface area contributed by atoms with E-state index in [-0.39, 0.29) is 0 Å². The Hall–Kier alpha value is -2.86. The molecule has 120 valence electrons. The van der Waals surface area contributed by atoms with Crippen LogP contribution in [0.5, 0.6) is 0 Å². The summed E-state index contributed by atoms with van der Waals surface area (Å²) in [5.41, 5.74) is 7.08. The van der Waals surface area contributed by atoms with E-state index >= 15 is 0 Å². The van der Waals surface area contributed by atoms with Crippen LogP contribution in [0, 0.1) is 6.92 Å². The summed E-state index contributed by atoms with van der Waals surface area (Å²) in [4.78, 5) is 0. The Morgan fingerprint density at radius 1 is 0.760 bits per heavy atom. The molecule has 0 nitrogen and oxygen atoms in total. The number of fused-ring (bicyclic) bond motifs is 3. The molecule has 25 heavy (non-hydrogen) atoms. The summed E-state index contributed by atoms with van der Waals surface area (Å²) in [6.45, 7) is 2.28. The number of aryl methyl sites for hydroxylation is 1. The first-order chi connectivity index (χ1) is 12.3. The summed E-state index contributed by atoms with van der Waals surface area (Å²) < 4.78 is 0. The zero-order chi connectivity index (χ0) is 16.8. The third kappa shape index (κ3) is 2.21. The lowest BCUT2D eigenvalue weighted by Gasteiger charge is -2.22. The van der Waals surface area contributed by atoms with Gasteiger partial charge in [-0.2, -0.15) is 0 Å². The van der Waals surface area contributed by atoms with E-state index in [1.54, 1.807) is 0 Å². The van der Waals surface area contributed by atoms with Gasteiger partial charge in [0.15, 0.2) is 0 Å². The van der Waals surface area contributed by atoms with E-state index in [1.807, 2.05) is 0 Å². The van der Waals surface area contributed by atoms with E-state index < -0.39 is 0 Å². The number of allylic oxidation sites excluding steroid dienone is 1. The highest BCUT2D eigenvalue weighted by Gasteiger charge is 2.18. The SMILES string of the molecule is Cc1c2c(c(-c3ccc4ccccc4c3)c3ccccc13)C=CCC2. The zero-order valence-electron chi connectivity index (χ0n) is 14.4. The smallest absolute Gasteiger partial charge is 0.00298 e. The Kier molecular flexibility index (Phi) is 3.24. The van der Waals surface area contributed by atoms with E-state index in [1.165, 1.54) is 49.4 Å². The van der Waals surface area contributed by atoms with Gasteiger partial charge in [-0.3, -0.25) is 0 Å². The Labute approximate surface area is 148 Å². The molecular weight excluding hydrogens is 300 g/mol. The fraction of sp³-hybridized carbons (Fsp3) is 0.120. The monoisotopic (exact) mass is 320 g/mol. The largest absolute Gasteiger partial charge is 0.0836 e. The van der Waals surface area contributed by atoms with Crippen molar-refractivity contribution in [2.75, 3.05) is 0 Å². The van der Waals surface area contributed by atoms with Crippen molar-refractivity contribution in [2.24, 2.45) is 0 Å². The molecule has 0 heteroatoms. The predicted molar refractivity (Wildman–Crippen MR) is 109 cm³/mol. The molecule has 0 fully saturated rings. The van der Waals surface area contributed by atoms with E-state index in [2.05, 4.69) is 85.8 Å². The molecule has 0 heterocycles. The predicted octanol–water partition coefficient (Wildman–Crippen LogP) is 6.93. The van der Waals surface area contributed by atoms with Crippen LogP contribution in [0.1, 0.15) is 23.1 Å². The van der Waals surface area contributed by atoms with E-state index in [0.29, 0.717) is 0 Å². The maximum atomic E-state index is 2.34. The van der Waals surface area contributed by atoms with Gasteiger partial charge in [-0.1, -0.05) is 72.8 Å². The molecule has 4 aromatic carbocycles. The van der Waals surface area contributed by atoms with Gasteiger partial charge in [0.2, 0.25) is 0 Å². The zero-order valence-corrected chi connectivity index (χ0v) is 14.4. The Morgan fingerprint density at radius 2 is 1.52 bits per heavy atom. The van der Waals surface area contributed by atoms with Gasteiger partial charge in [-0.25, -0.2) is 0 Å². The molecule has 0 saturated carbocycles. The van der Waals surface area contributed by atoms with Crippen molar-refractivity contribution in [3.63, 3.8) is 0 Å². The van der Waals surface area contributed by atoms with E-state index in [9.17, 15) is 0 Å². The second-order valence-electron chi connectivity index (χ2n) is 6.94. The lowest BCUT2D eigenvalue weighted by atomic mass is 9.82. The number of benzene rings is 4. The third-order valence-electron chi connectivity index (χ3n) is 5.53. The van der Waals surface area contributed by atoms with Crippen molar-refractivity contribution in [2.45, 2.75) is 19.8 Å². The van der Waals surface area contributed by atoms with Gasteiger partial charge < -0.3 is 0 Å². The first-order valence-electron chi connectivity index (χ1n) is 9.03. The summed E-state index contributed by atoms with van der Waals surface area (Å²) in [5, 5.41) is 5.35. The molecule has 0 saturated heterocycles. The molecule has 0 radical (unpaired) electrons. The Bertz CT molecular complexity index is 1150. The van der Waals surface area contributed by atoms with Crippen LogP contribution >= 0.6 is 0 Å². The molecule has 5 rings (SSSR count). The molecule has 0 aliphatic heterocycles. The molecular formula is C25H20. The quantitative estimate of drug-likeness (QED) is 0.357. The molecule has 0 unspecified atom stereocenters. The minimum atomic E-state index is 1.14. The second-order valence-corrected chi connectivity index (χ2v) is 6.94. The average Bonchev–Trinajstić information content (AvgIpc) is 2.68. The van der Waals surface area contributed by atoms with Gasteiger partial charge in [-0.15, -0.1) is 0 Å². The minimum absolute atomic E-state index is 1.14. The maximum Gasteiger partial charge on any atom is -0.00298 e. The summed E-state index contributed by atoms with van der Waals surface area (Å²) in [5.74, 6) is 0. The van der Waals surface area contributed by atoms with Gasteiger partial charge in [0.1, 0.15) is 0 Å². The highest BCUT2D eigenvalue weighted by molar-refractivity contribution is 6.05. The van der Waals surface area contributed by atoms with E-state index in [4.69, 9.17) is 0 Å². The fourth-order valence-electron chi connectivity index (χ4n) is 4.28. The van der Waals surface area contributed by atoms with Gasteiger partial charge in [0, 0.05) is 0 Å². The molecule has 0 aromatic heterocycles. The van der Waals surface area contributed by atoms with Crippen molar-refractivity contribution >= 4 is 27.6 Å². The van der Waals surface area contributed by atoms with E-state index in [0.717, 1.165) is 12.8 Å². The topological polar surface area (TPSA) is 0 Å². The lowest BCUT2D eigenvalue weighted by Crippen LogP contribution is -2.02. The van der Waals surface area contributed by atoms with Crippen molar-refractivity contribution < 1.29 is 0 Å². The summed E-state index contributed by atoms with van der Waals surface area (Å²) in [7, 11) is 0. The number of hydrogen-bond donors (Lipinski definition) is 0. The van der Waals surface area contributed by atoms with Crippen LogP contribution in [-0.4, -0.2) is 0 Å². The number of hydrogen-bond acceptors (Lipinski definition) is 0. The van der Waals surface area contributed by atoms with Crippen LogP contribution in [0.2, 0.25) is 0 Å². The van der Waals surface area contributed by atoms with Crippen LogP contribution in [0.15, 0.2) is 72.8 Å². The molecule has 1 aliphatic carbocycles. The Balaban J connectivity index is 1.91. The van der Waals surface area contributed by atoms with Crippen LogP contribution < -0.4 is 0 Å². The van der Waals surface area contributed by atoms with Crippen LogP contribution in [0.3, 0.4) is 0 Å². The molecule has 0 bridgehead atoms. The highest BCUT2D eigenvalue weighted by Crippen LogP contribution is 2.40. The van der Waals surface area contributed by atoms with Crippen LogP contribution in [-0.2, 0) is 6.42 Å². The third-order valence-corrected chi connectivity index (χ3v) is 5.53. The molecule has 0 amide bonds. The molecule has 0 spiro atoms. The summed E-state index contributed by atoms with van der Waals surface area (Å²) in [6, 6.07) is 24.3. The first-order valence-corrected chi connectivity index (χ1v) is 9.03. The molecule has 1 aliphatic rings. The van der Waals surface area contributed by atoms with Gasteiger partial charge in [-0.05, 0) is 75.2 Å². The standard InChI is InChI=1S/C25H20/c1-17-21-10-4-6-12-23(21)25(24-13-7-5-11-22(17)24)20-15-14-18-8-2-3-9-19(18)16-20/h2-4,6-10,12-16H,5,11H2,1H3. The minimum Gasteiger partial charge on any atom is -0.0836 e. The second kappa shape index (κ2) is 5.60. The first kappa shape index (κ1) is 14.5. The summed E-state index contributed by atoms with van der Waals surface area (Å²) >= 11 is 0. The Morgan fingerprint density at radius 3 is 2.40 bits per heavy atom.